The average molecular weight is 319 g/mol. The van der Waals surface area contributed by atoms with Crippen LogP contribution in [-0.2, 0) is 17.8 Å². The van der Waals surface area contributed by atoms with Gasteiger partial charge in [0, 0.05) is 12.5 Å². The Hall–Kier alpha value is -2.48. The number of hydrogen-bond acceptors (Lipinski definition) is 7. The lowest BCUT2D eigenvalue weighted by Crippen LogP contribution is -2.16. The molecule has 0 saturated carbocycles. The van der Waals surface area contributed by atoms with Crippen LogP contribution in [0.2, 0.25) is 0 Å². The fraction of sp³-hybridized carbons (Fsp3) is 0.286. The van der Waals surface area contributed by atoms with Crippen LogP contribution >= 0.6 is 11.3 Å². The van der Waals surface area contributed by atoms with Crippen molar-refractivity contribution >= 4 is 22.3 Å². The first-order valence-electron chi connectivity index (χ1n) is 6.76. The minimum absolute atomic E-state index is 0.0910. The molecular formula is C14H13N3O4S. The molecule has 3 aromatic heterocycles. The van der Waals surface area contributed by atoms with Crippen molar-refractivity contribution < 1.29 is 13.9 Å². The van der Waals surface area contributed by atoms with Crippen LogP contribution < -0.4 is 5.56 Å². The number of furan rings is 1. The van der Waals surface area contributed by atoms with E-state index in [1.54, 1.807) is 6.07 Å². The fourth-order valence-corrected chi connectivity index (χ4v) is 2.91. The third kappa shape index (κ3) is 2.91. The number of esters is 1. The van der Waals surface area contributed by atoms with Crippen molar-refractivity contribution in [2.75, 3.05) is 0 Å². The van der Waals surface area contributed by atoms with Crippen molar-refractivity contribution in [1.29, 1.82) is 0 Å². The molecule has 3 rings (SSSR count). The van der Waals surface area contributed by atoms with Gasteiger partial charge in [-0.1, -0.05) is 18.3 Å². The molecule has 0 aromatic carbocycles. The predicted molar refractivity (Wildman–Crippen MR) is 79.0 cm³/mol. The van der Waals surface area contributed by atoms with Crippen LogP contribution in [0.3, 0.4) is 0 Å². The molecule has 7 nitrogen and oxygen atoms in total. The zero-order chi connectivity index (χ0) is 15.5. The summed E-state index contributed by atoms with van der Waals surface area (Å²) in [6.45, 7) is 1.95. The van der Waals surface area contributed by atoms with Gasteiger partial charge in [0.1, 0.15) is 11.6 Å². The number of fused-ring (bicyclic) bond motifs is 1. The molecule has 0 fully saturated rings. The second-order valence-corrected chi connectivity index (χ2v) is 5.62. The van der Waals surface area contributed by atoms with Crippen molar-refractivity contribution in [3.05, 3.63) is 51.3 Å². The van der Waals surface area contributed by atoms with Crippen LogP contribution in [0, 0.1) is 0 Å². The Balaban J connectivity index is 1.79. The standard InChI is InChI=1S/C14H13N3O4S/c1-2-4-11-16-17-12(18)7-9(15-14(17)22-11)8-21-13(19)10-5-3-6-20-10/h3,5-7H,2,4,8H2,1H3. The van der Waals surface area contributed by atoms with Crippen molar-refractivity contribution in [3.8, 4) is 0 Å². The summed E-state index contributed by atoms with van der Waals surface area (Å²) >= 11 is 1.36. The number of aryl methyl sites for hydroxylation is 1. The molecule has 0 spiro atoms. The topological polar surface area (TPSA) is 86.7 Å². The number of hydrogen-bond donors (Lipinski definition) is 0. The normalized spacial score (nSPS) is 11.0. The second-order valence-electron chi connectivity index (χ2n) is 4.58. The highest BCUT2D eigenvalue weighted by Crippen LogP contribution is 2.13. The van der Waals surface area contributed by atoms with Crippen LogP contribution in [0.1, 0.15) is 34.6 Å². The Morgan fingerprint density at radius 1 is 1.50 bits per heavy atom. The summed E-state index contributed by atoms with van der Waals surface area (Å²) in [7, 11) is 0. The van der Waals surface area contributed by atoms with Crippen molar-refractivity contribution in [2.45, 2.75) is 26.4 Å². The molecule has 0 N–H and O–H groups in total. The van der Waals surface area contributed by atoms with Crippen molar-refractivity contribution in [2.24, 2.45) is 0 Å². The van der Waals surface area contributed by atoms with Crippen LogP contribution in [0.15, 0.2) is 33.7 Å². The van der Waals surface area contributed by atoms with Gasteiger partial charge in [0.15, 0.2) is 0 Å². The van der Waals surface area contributed by atoms with Gasteiger partial charge in [0.25, 0.3) is 5.56 Å². The lowest BCUT2D eigenvalue weighted by Gasteiger charge is -2.02. The first-order valence-corrected chi connectivity index (χ1v) is 7.58. The highest BCUT2D eigenvalue weighted by Gasteiger charge is 2.13. The molecule has 0 saturated heterocycles. The molecule has 0 atom stereocenters. The Kier molecular flexibility index (Phi) is 4.01. The van der Waals surface area contributed by atoms with E-state index in [0.29, 0.717) is 10.7 Å². The molecule has 0 amide bonds. The van der Waals surface area contributed by atoms with Crippen molar-refractivity contribution in [3.63, 3.8) is 0 Å². The van der Waals surface area contributed by atoms with Gasteiger partial charge in [-0.15, -0.1) is 0 Å². The van der Waals surface area contributed by atoms with E-state index in [1.807, 2.05) is 6.92 Å². The summed E-state index contributed by atoms with van der Waals surface area (Å²) < 4.78 is 11.3. The van der Waals surface area contributed by atoms with Crippen molar-refractivity contribution in [1.82, 2.24) is 14.6 Å². The summed E-state index contributed by atoms with van der Waals surface area (Å²) in [4.78, 5) is 28.5. The number of carbonyl (C=O) groups is 1. The zero-order valence-corrected chi connectivity index (χ0v) is 12.6. The van der Waals surface area contributed by atoms with E-state index in [-0.39, 0.29) is 17.9 Å². The van der Waals surface area contributed by atoms with E-state index >= 15 is 0 Å². The minimum Gasteiger partial charge on any atom is -0.457 e. The molecule has 0 aliphatic heterocycles. The van der Waals surface area contributed by atoms with E-state index in [0.717, 1.165) is 17.8 Å². The number of ether oxygens (including phenoxy) is 1. The van der Waals surface area contributed by atoms with E-state index in [2.05, 4.69) is 10.1 Å². The Morgan fingerprint density at radius 3 is 3.09 bits per heavy atom. The first-order chi connectivity index (χ1) is 10.7. The summed E-state index contributed by atoms with van der Waals surface area (Å²) in [5, 5.41) is 5.07. The third-order valence-electron chi connectivity index (χ3n) is 2.88. The number of aromatic nitrogens is 3. The Bertz CT molecular complexity index is 851. The van der Waals surface area contributed by atoms with E-state index < -0.39 is 5.97 Å². The van der Waals surface area contributed by atoms with Crippen LogP contribution in [0.5, 0.6) is 0 Å². The molecule has 0 aliphatic rings. The highest BCUT2D eigenvalue weighted by molar-refractivity contribution is 7.16. The maximum absolute atomic E-state index is 12.0. The molecule has 0 radical (unpaired) electrons. The second kappa shape index (κ2) is 6.10. The lowest BCUT2D eigenvalue weighted by molar-refractivity contribution is 0.0431. The fourth-order valence-electron chi connectivity index (χ4n) is 1.89. The molecular weight excluding hydrogens is 306 g/mol. The zero-order valence-electron chi connectivity index (χ0n) is 11.8. The lowest BCUT2D eigenvalue weighted by atomic mass is 10.4. The summed E-state index contributed by atoms with van der Waals surface area (Å²) in [5.74, 6) is -0.483. The van der Waals surface area contributed by atoms with Crippen LogP contribution in [0.25, 0.3) is 4.96 Å². The van der Waals surface area contributed by atoms with Gasteiger partial charge in [0.2, 0.25) is 10.7 Å². The number of nitrogens with zero attached hydrogens (tertiary/aromatic N) is 3. The molecule has 3 heterocycles. The van der Waals surface area contributed by atoms with Gasteiger partial charge in [-0.2, -0.15) is 9.61 Å². The van der Waals surface area contributed by atoms with Crippen LogP contribution in [-0.4, -0.2) is 20.6 Å². The molecule has 22 heavy (non-hydrogen) atoms. The minimum atomic E-state index is -0.594. The molecule has 8 heteroatoms. The first kappa shape index (κ1) is 14.5. The van der Waals surface area contributed by atoms with Gasteiger partial charge < -0.3 is 9.15 Å². The van der Waals surface area contributed by atoms with E-state index in [9.17, 15) is 9.59 Å². The monoisotopic (exact) mass is 319 g/mol. The Morgan fingerprint density at radius 2 is 2.36 bits per heavy atom. The highest BCUT2D eigenvalue weighted by atomic mass is 32.1. The van der Waals surface area contributed by atoms with Gasteiger partial charge in [-0.25, -0.2) is 9.78 Å². The summed E-state index contributed by atoms with van der Waals surface area (Å²) in [6.07, 6.45) is 3.14. The maximum atomic E-state index is 12.0. The predicted octanol–water partition coefficient (Wildman–Crippen LogP) is 2.05. The summed E-state index contributed by atoms with van der Waals surface area (Å²) in [5.41, 5.74) is 0.101. The van der Waals surface area contributed by atoms with Gasteiger partial charge in [-0.05, 0) is 18.6 Å². The molecule has 0 unspecified atom stereocenters. The summed E-state index contributed by atoms with van der Waals surface area (Å²) in [6, 6.07) is 4.42. The maximum Gasteiger partial charge on any atom is 0.374 e. The smallest absolute Gasteiger partial charge is 0.374 e. The largest absolute Gasteiger partial charge is 0.457 e. The SMILES string of the molecule is CCCc1nn2c(=O)cc(COC(=O)c3ccco3)nc2s1. The van der Waals surface area contributed by atoms with Gasteiger partial charge in [0.05, 0.1) is 12.0 Å². The number of carbonyl (C=O) groups excluding carboxylic acids is 1. The molecule has 0 aliphatic carbocycles. The number of rotatable bonds is 5. The average Bonchev–Trinajstić information content (AvgIpc) is 3.14. The van der Waals surface area contributed by atoms with E-state index in [4.69, 9.17) is 9.15 Å². The van der Waals surface area contributed by atoms with Gasteiger partial charge in [-0.3, -0.25) is 4.79 Å². The Labute approximate surface area is 129 Å². The quantitative estimate of drug-likeness (QED) is 0.669. The molecule has 3 aromatic rings. The van der Waals surface area contributed by atoms with Crippen LogP contribution in [0.4, 0.5) is 0 Å². The van der Waals surface area contributed by atoms with E-state index in [1.165, 1.54) is 34.2 Å². The molecule has 114 valence electrons. The third-order valence-corrected chi connectivity index (χ3v) is 3.85. The van der Waals surface area contributed by atoms with Gasteiger partial charge >= 0.3 is 5.97 Å². The molecule has 0 bridgehead atoms.